The van der Waals surface area contributed by atoms with Crippen LogP contribution in [-0.4, -0.2) is 31.9 Å². The van der Waals surface area contributed by atoms with E-state index in [0.29, 0.717) is 23.1 Å². The second-order valence-corrected chi connectivity index (χ2v) is 9.24. The molecule has 2 aromatic carbocycles. The summed E-state index contributed by atoms with van der Waals surface area (Å²) < 4.78 is 29.3. The molecule has 0 unspecified atom stereocenters. The highest BCUT2D eigenvalue weighted by Gasteiger charge is 2.30. The van der Waals surface area contributed by atoms with Gasteiger partial charge in [-0.3, -0.25) is 9.59 Å². The molecule has 1 fully saturated rings. The molecule has 1 atom stereocenters. The molecule has 0 radical (unpaired) electrons. The van der Waals surface area contributed by atoms with Crippen LogP contribution in [0.5, 0.6) is 0 Å². The fourth-order valence-electron chi connectivity index (χ4n) is 3.53. The minimum atomic E-state index is -3.11. The predicted molar refractivity (Wildman–Crippen MR) is 107 cm³/mol. The molecule has 0 spiro atoms. The monoisotopic (exact) mass is 397 g/mol. The third kappa shape index (κ3) is 3.33. The Labute approximate surface area is 162 Å². The van der Waals surface area contributed by atoms with Crippen LogP contribution in [0.2, 0.25) is 0 Å². The number of sulfone groups is 1. The number of amides is 1. The number of para-hydroxylation sites is 1. The van der Waals surface area contributed by atoms with E-state index < -0.39 is 21.8 Å². The lowest BCUT2D eigenvalue weighted by atomic mass is 10.0. The van der Waals surface area contributed by atoms with Gasteiger partial charge in [0.2, 0.25) is 0 Å². The molecule has 0 aliphatic carbocycles. The standard InChI is InChI=1S/C21H19NO5S/c1-13-18(23)16-8-5-9-17(21(24)22-15-10-11-28(25,26)12-15)20(16)27-19(13)14-6-3-2-4-7-14/h2-9,15H,10-12H2,1H3,(H,22,24)/t15-/m0/s1. The topological polar surface area (TPSA) is 93.4 Å². The van der Waals surface area contributed by atoms with Crippen LogP contribution in [0.25, 0.3) is 22.3 Å². The van der Waals surface area contributed by atoms with Crippen molar-refractivity contribution < 1.29 is 17.6 Å². The lowest BCUT2D eigenvalue weighted by Gasteiger charge is -2.13. The van der Waals surface area contributed by atoms with E-state index >= 15 is 0 Å². The van der Waals surface area contributed by atoms with Crippen LogP contribution in [0.3, 0.4) is 0 Å². The van der Waals surface area contributed by atoms with Crippen LogP contribution in [0, 0.1) is 6.92 Å². The molecule has 6 nitrogen and oxygen atoms in total. The summed E-state index contributed by atoms with van der Waals surface area (Å²) in [6.45, 7) is 1.70. The maximum absolute atomic E-state index is 12.9. The molecule has 0 bridgehead atoms. The molecular formula is C21H19NO5S. The number of fused-ring (bicyclic) bond motifs is 1. The second-order valence-electron chi connectivity index (χ2n) is 7.01. The smallest absolute Gasteiger partial charge is 0.255 e. The molecule has 1 saturated heterocycles. The summed E-state index contributed by atoms with van der Waals surface area (Å²) in [7, 11) is -3.11. The van der Waals surface area contributed by atoms with Gasteiger partial charge in [-0.05, 0) is 25.5 Å². The molecule has 1 N–H and O–H groups in total. The van der Waals surface area contributed by atoms with Crippen LogP contribution in [-0.2, 0) is 9.84 Å². The summed E-state index contributed by atoms with van der Waals surface area (Å²) in [4.78, 5) is 25.7. The van der Waals surface area contributed by atoms with Crippen molar-refractivity contribution in [2.45, 2.75) is 19.4 Å². The number of benzene rings is 2. The van der Waals surface area contributed by atoms with Gasteiger partial charge in [0.1, 0.15) is 5.76 Å². The van der Waals surface area contributed by atoms with E-state index in [1.165, 1.54) is 0 Å². The van der Waals surface area contributed by atoms with Crippen LogP contribution in [0.1, 0.15) is 22.3 Å². The zero-order valence-electron chi connectivity index (χ0n) is 15.3. The van der Waals surface area contributed by atoms with Crippen molar-refractivity contribution in [2.24, 2.45) is 0 Å². The number of rotatable bonds is 3. The summed E-state index contributed by atoms with van der Waals surface area (Å²) >= 11 is 0. The number of hydrogen-bond donors (Lipinski definition) is 1. The molecule has 1 amide bonds. The van der Waals surface area contributed by atoms with E-state index in [9.17, 15) is 18.0 Å². The number of carbonyl (C=O) groups excluding carboxylic acids is 1. The number of nitrogens with one attached hydrogen (secondary N) is 1. The molecule has 0 saturated carbocycles. The van der Waals surface area contributed by atoms with Crippen molar-refractivity contribution in [1.29, 1.82) is 0 Å². The predicted octanol–water partition coefficient (Wildman–Crippen LogP) is 2.69. The number of hydrogen-bond acceptors (Lipinski definition) is 5. The third-order valence-electron chi connectivity index (χ3n) is 4.99. The van der Waals surface area contributed by atoms with Crippen molar-refractivity contribution in [3.63, 3.8) is 0 Å². The first-order valence-corrected chi connectivity index (χ1v) is 10.8. The lowest BCUT2D eigenvalue weighted by molar-refractivity contribution is 0.0942. The van der Waals surface area contributed by atoms with E-state index in [1.54, 1.807) is 25.1 Å². The fraction of sp³-hybridized carbons (Fsp3) is 0.238. The highest BCUT2D eigenvalue weighted by Crippen LogP contribution is 2.27. The molecule has 3 aromatic rings. The SMILES string of the molecule is Cc1c(-c2ccccc2)oc2c(C(=O)N[C@H]3CCS(=O)(=O)C3)cccc2c1=O. The largest absolute Gasteiger partial charge is 0.455 e. The maximum Gasteiger partial charge on any atom is 0.255 e. The molecule has 4 rings (SSSR count). The average Bonchev–Trinajstić information content (AvgIpc) is 3.03. The molecule has 1 aliphatic heterocycles. The Balaban J connectivity index is 1.80. The molecule has 28 heavy (non-hydrogen) atoms. The summed E-state index contributed by atoms with van der Waals surface area (Å²) in [5.41, 5.74) is 1.44. The molecule has 2 heterocycles. The minimum Gasteiger partial charge on any atom is -0.455 e. The average molecular weight is 397 g/mol. The fourth-order valence-corrected chi connectivity index (χ4v) is 5.20. The zero-order chi connectivity index (χ0) is 19.9. The van der Waals surface area contributed by atoms with Gasteiger partial charge in [0, 0.05) is 17.2 Å². The Hall–Kier alpha value is -2.93. The summed E-state index contributed by atoms with van der Waals surface area (Å²) in [5.74, 6) is -0.0256. The zero-order valence-corrected chi connectivity index (χ0v) is 16.1. The van der Waals surface area contributed by atoms with Gasteiger partial charge in [0.15, 0.2) is 20.8 Å². The first-order valence-electron chi connectivity index (χ1n) is 8.99. The van der Waals surface area contributed by atoms with Crippen LogP contribution < -0.4 is 10.7 Å². The van der Waals surface area contributed by atoms with Crippen LogP contribution in [0.15, 0.2) is 57.7 Å². The summed E-state index contributed by atoms with van der Waals surface area (Å²) in [6, 6.07) is 13.6. The second kappa shape index (κ2) is 6.91. The molecule has 1 aromatic heterocycles. The van der Waals surface area contributed by atoms with Gasteiger partial charge in [-0.15, -0.1) is 0 Å². The van der Waals surface area contributed by atoms with Gasteiger partial charge >= 0.3 is 0 Å². The van der Waals surface area contributed by atoms with Gasteiger partial charge in [0.05, 0.1) is 22.5 Å². The molecule has 1 aliphatic rings. The van der Waals surface area contributed by atoms with Crippen molar-refractivity contribution >= 4 is 26.7 Å². The van der Waals surface area contributed by atoms with Crippen molar-refractivity contribution in [2.75, 3.05) is 11.5 Å². The molecule has 144 valence electrons. The van der Waals surface area contributed by atoms with Gasteiger partial charge in [-0.25, -0.2) is 8.42 Å². The Morgan fingerprint density at radius 3 is 2.54 bits per heavy atom. The Kier molecular flexibility index (Phi) is 4.55. The van der Waals surface area contributed by atoms with Crippen LogP contribution in [0.4, 0.5) is 0 Å². The first-order chi connectivity index (χ1) is 13.4. The minimum absolute atomic E-state index is 0.0676. The van der Waals surface area contributed by atoms with Crippen molar-refractivity contribution in [3.05, 3.63) is 69.9 Å². The van der Waals surface area contributed by atoms with Gasteiger partial charge in [0.25, 0.3) is 5.91 Å². The van der Waals surface area contributed by atoms with Crippen molar-refractivity contribution in [1.82, 2.24) is 5.32 Å². The normalized spacial score (nSPS) is 18.2. The summed E-state index contributed by atoms with van der Waals surface area (Å²) in [6.07, 6.45) is 0.386. The Morgan fingerprint density at radius 1 is 1.11 bits per heavy atom. The number of carbonyl (C=O) groups is 1. The van der Waals surface area contributed by atoms with Crippen LogP contribution >= 0.6 is 0 Å². The third-order valence-corrected chi connectivity index (χ3v) is 6.76. The Morgan fingerprint density at radius 2 is 1.86 bits per heavy atom. The van der Waals surface area contributed by atoms with Crippen molar-refractivity contribution in [3.8, 4) is 11.3 Å². The van der Waals surface area contributed by atoms with E-state index in [-0.39, 0.29) is 28.1 Å². The van der Waals surface area contributed by atoms with Gasteiger partial charge in [-0.2, -0.15) is 0 Å². The molecular weight excluding hydrogens is 378 g/mol. The summed E-state index contributed by atoms with van der Waals surface area (Å²) in [5, 5.41) is 3.08. The van der Waals surface area contributed by atoms with E-state index in [2.05, 4.69) is 5.32 Å². The maximum atomic E-state index is 12.9. The quantitative estimate of drug-likeness (QED) is 0.733. The van der Waals surface area contributed by atoms with E-state index in [0.717, 1.165) is 5.56 Å². The Bertz CT molecular complexity index is 1230. The lowest BCUT2D eigenvalue weighted by Crippen LogP contribution is -2.35. The van der Waals surface area contributed by atoms with E-state index in [4.69, 9.17) is 4.42 Å². The highest BCUT2D eigenvalue weighted by molar-refractivity contribution is 7.91. The van der Waals surface area contributed by atoms with Gasteiger partial charge < -0.3 is 9.73 Å². The van der Waals surface area contributed by atoms with Gasteiger partial charge in [-0.1, -0.05) is 36.4 Å². The van der Waals surface area contributed by atoms with E-state index in [1.807, 2.05) is 30.3 Å². The first kappa shape index (κ1) is 18.4. The molecule has 7 heteroatoms. The highest BCUT2D eigenvalue weighted by atomic mass is 32.2.